The number of rotatable bonds is 5. The van der Waals surface area contributed by atoms with Gasteiger partial charge < -0.3 is 13.7 Å². The van der Waals surface area contributed by atoms with Crippen molar-refractivity contribution in [2.45, 2.75) is 76.5 Å². The molecule has 1 unspecified atom stereocenters. The van der Waals surface area contributed by atoms with Crippen LogP contribution in [0.5, 0.6) is 0 Å². The number of hydrogen-bond acceptors (Lipinski definition) is 0. The summed E-state index contributed by atoms with van der Waals surface area (Å²) in [5.41, 5.74) is 18.4. The van der Waals surface area contributed by atoms with Crippen LogP contribution in [0.4, 0.5) is 0 Å². The van der Waals surface area contributed by atoms with Crippen molar-refractivity contribution in [2.75, 3.05) is 0 Å². The predicted octanol–water partition coefficient (Wildman–Crippen LogP) is 11.1. The van der Waals surface area contributed by atoms with Crippen LogP contribution in [0.15, 0.2) is 133 Å². The maximum absolute atomic E-state index is 2.75. The van der Waals surface area contributed by atoms with E-state index in [0.29, 0.717) is 5.92 Å². The first-order valence-electron chi connectivity index (χ1n) is 20.0. The fourth-order valence-electron chi connectivity index (χ4n) is 10.2. The molecule has 3 nitrogen and oxygen atoms in total. The number of fused-ring (bicyclic) bond motifs is 9. The lowest BCUT2D eigenvalue weighted by molar-refractivity contribution is 0.806. The van der Waals surface area contributed by atoms with Gasteiger partial charge in [-0.05, 0) is 122 Å². The maximum atomic E-state index is 2.75. The highest BCUT2D eigenvalue weighted by atomic mass is 15.1. The van der Waals surface area contributed by atoms with Crippen molar-refractivity contribution in [1.82, 2.24) is 13.7 Å². The number of benzene rings is 2. The normalized spacial score (nSPS) is 20.5. The molecule has 0 spiro atoms. The third-order valence-electron chi connectivity index (χ3n) is 12.5. The lowest BCUT2D eigenvalue weighted by atomic mass is 9.84. The van der Waals surface area contributed by atoms with Crippen LogP contribution in [0.25, 0.3) is 62.6 Å². The van der Waals surface area contributed by atoms with Gasteiger partial charge in [0.1, 0.15) is 0 Å². The number of allylic oxidation sites excluding steroid dienone is 16. The van der Waals surface area contributed by atoms with E-state index < -0.39 is 0 Å². The van der Waals surface area contributed by atoms with E-state index >= 15 is 0 Å². The Labute approximate surface area is 311 Å². The Hall–Kier alpha value is -5.54. The molecular weight excluding hydrogens is 643 g/mol. The maximum Gasteiger partial charge on any atom is 0.0798 e. The van der Waals surface area contributed by atoms with Crippen LogP contribution in [0.2, 0.25) is 0 Å². The van der Waals surface area contributed by atoms with Gasteiger partial charge in [-0.15, -0.1) is 0 Å². The molecule has 0 N–H and O–H groups in total. The van der Waals surface area contributed by atoms with E-state index in [4.69, 9.17) is 0 Å². The molecule has 3 heteroatoms. The van der Waals surface area contributed by atoms with Gasteiger partial charge in [-0.25, -0.2) is 0 Å². The van der Waals surface area contributed by atoms with Gasteiger partial charge in [0, 0.05) is 39.3 Å². The highest BCUT2D eigenvalue weighted by molar-refractivity contribution is 6.14. The summed E-state index contributed by atoms with van der Waals surface area (Å²) in [7, 11) is 0. The predicted molar refractivity (Wildman–Crippen MR) is 224 cm³/mol. The molecule has 0 aliphatic heterocycles. The molecule has 6 aliphatic carbocycles. The van der Waals surface area contributed by atoms with Crippen LogP contribution in [0, 0.1) is 0 Å². The fourth-order valence-corrected chi connectivity index (χ4v) is 10.2. The van der Waals surface area contributed by atoms with E-state index in [9.17, 15) is 0 Å². The van der Waals surface area contributed by atoms with Crippen molar-refractivity contribution in [3.8, 4) is 11.4 Å². The van der Waals surface area contributed by atoms with Crippen LogP contribution < -0.4 is 10.6 Å². The van der Waals surface area contributed by atoms with E-state index in [-0.39, 0.29) is 0 Å². The van der Waals surface area contributed by atoms with Gasteiger partial charge in [0.2, 0.25) is 0 Å². The molecule has 3 aromatic heterocycles. The second-order valence-electron chi connectivity index (χ2n) is 15.5. The first kappa shape index (κ1) is 31.0. The molecule has 1 atom stereocenters. The first-order chi connectivity index (χ1) is 26.3. The second-order valence-corrected chi connectivity index (χ2v) is 15.5. The van der Waals surface area contributed by atoms with Gasteiger partial charge in [0.25, 0.3) is 0 Å². The Kier molecular flexibility index (Phi) is 7.35. The largest absolute Gasteiger partial charge is 0.312 e. The molecule has 5 aromatic rings. The summed E-state index contributed by atoms with van der Waals surface area (Å²) >= 11 is 0. The summed E-state index contributed by atoms with van der Waals surface area (Å²) in [6.07, 6.45) is 43.1. The Morgan fingerprint density at radius 1 is 0.547 bits per heavy atom. The Morgan fingerprint density at radius 2 is 1.28 bits per heavy atom. The molecule has 0 fully saturated rings. The number of aromatic nitrogens is 3. The summed E-state index contributed by atoms with van der Waals surface area (Å²) in [5.74, 6) is 0.309. The summed E-state index contributed by atoms with van der Waals surface area (Å²) in [4.78, 5) is 0. The standard InChI is InChI=1S/C50H45N3/c1-5-17-34(18-6-1)36-31-37(35-19-7-2-8-20-35)33-40(32-36)52-45-27-15-13-25-41(45)42-29-30-44-49-48(53(50(44)47(42)52)39-23-11-4-12-24-39)43-26-14-16-28-46(43)51(49)38-21-9-3-10-22-38/h1,3-7,9,11,14,16-21,23,25-28,31,33,36H,2,8,10,12-13,15,22,24,29-30,32H2. The van der Waals surface area contributed by atoms with Gasteiger partial charge in [-0.3, -0.25) is 0 Å². The van der Waals surface area contributed by atoms with Crippen LogP contribution in [0.3, 0.4) is 0 Å². The zero-order chi connectivity index (χ0) is 34.9. The van der Waals surface area contributed by atoms with E-state index in [1.54, 1.807) is 0 Å². The Morgan fingerprint density at radius 3 is 2.08 bits per heavy atom. The summed E-state index contributed by atoms with van der Waals surface area (Å²) < 4.78 is 8.12. The zero-order valence-electron chi connectivity index (χ0n) is 30.4. The highest BCUT2D eigenvalue weighted by Gasteiger charge is 2.35. The quantitative estimate of drug-likeness (QED) is 0.175. The number of hydrogen-bond donors (Lipinski definition) is 0. The number of para-hydroxylation sites is 1. The van der Waals surface area contributed by atoms with Crippen molar-refractivity contribution in [3.05, 3.63) is 160 Å². The van der Waals surface area contributed by atoms with Gasteiger partial charge in [0.05, 0.1) is 27.9 Å². The fraction of sp³-hybridized carbons (Fsp3) is 0.240. The lowest BCUT2D eigenvalue weighted by Crippen LogP contribution is -2.32. The number of aryl methyl sites for hydroxylation is 1. The second kappa shape index (κ2) is 12.6. The van der Waals surface area contributed by atoms with Crippen molar-refractivity contribution in [1.29, 1.82) is 0 Å². The average molecular weight is 688 g/mol. The molecule has 6 aliphatic rings. The van der Waals surface area contributed by atoms with Crippen LogP contribution in [0.1, 0.15) is 80.4 Å². The van der Waals surface area contributed by atoms with Gasteiger partial charge >= 0.3 is 0 Å². The van der Waals surface area contributed by atoms with E-state index in [1.165, 1.54) is 88.8 Å². The number of nitrogens with zero attached hydrogens (tertiary/aromatic N) is 3. The van der Waals surface area contributed by atoms with Gasteiger partial charge in [-0.2, -0.15) is 0 Å². The van der Waals surface area contributed by atoms with Crippen LogP contribution in [-0.2, 0) is 12.8 Å². The molecule has 0 saturated heterocycles. The minimum Gasteiger partial charge on any atom is -0.312 e. The lowest BCUT2D eigenvalue weighted by Gasteiger charge is -2.28. The molecule has 0 radical (unpaired) electrons. The average Bonchev–Trinajstić information content (AvgIpc) is 3.88. The minimum atomic E-state index is 0.309. The molecule has 0 bridgehead atoms. The molecular formula is C50H45N3. The summed E-state index contributed by atoms with van der Waals surface area (Å²) in [5, 5.41) is 4.24. The Balaban J connectivity index is 1.24. The van der Waals surface area contributed by atoms with E-state index in [0.717, 1.165) is 70.6 Å². The van der Waals surface area contributed by atoms with Crippen molar-refractivity contribution in [3.63, 3.8) is 0 Å². The Bertz CT molecular complexity index is 2730. The smallest absolute Gasteiger partial charge is 0.0798 e. The minimum absolute atomic E-state index is 0.309. The highest BCUT2D eigenvalue weighted by Crippen LogP contribution is 2.48. The molecule has 11 rings (SSSR count). The van der Waals surface area contributed by atoms with Crippen LogP contribution in [-0.4, -0.2) is 13.7 Å². The molecule has 0 amide bonds. The molecule has 2 aromatic carbocycles. The molecule has 3 heterocycles. The van der Waals surface area contributed by atoms with Crippen molar-refractivity contribution >= 4 is 51.2 Å². The van der Waals surface area contributed by atoms with Gasteiger partial charge in [0.15, 0.2) is 0 Å². The summed E-state index contributed by atoms with van der Waals surface area (Å²) in [6, 6.07) is 20.4. The van der Waals surface area contributed by atoms with E-state index in [2.05, 4.69) is 147 Å². The van der Waals surface area contributed by atoms with Crippen molar-refractivity contribution in [2.24, 2.45) is 0 Å². The van der Waals surface area contributed by atoms with Crippen molar-refractivity contribution < 1.29 is 0 Å². The zero-order valence-corrected chi connectivity index (χ0v) is 30.4. The third kappa shape index (κ3) is 4.86. The van der Waals surface area contributed by atoms with E-state index in [1.807, 2.05) is 0 Å². The molecule has 260 valence electrons. The third-order valence-corrected chi connectivity index (χ3v) is 12.5. The SMILES string of the molecule is C1=CCCC(n2c3c(c4c2c2ccccc2n4C2=CC=CCC2)CCc2c-3n(C3=CC(C4=CCCC=C4)=CC(c4ccccc4)C3)c3c2=CCCC=3)=C1. The topological polar surface area (TPSA) is 14.8 Å². The monoisotopic (exact) mass is 687 g/mol. The summed E-state index contributed by atoms with van der Waals surface area (Å²) in [6.45, 7) is 0. The molecule has 0 saturated carbocycles. The first-order valence-corrected chi connectivity index (χ1v) is 20.0. The molecule has 53 heavy (non-hydrogen) atoms. The van der Waals surface area contributed by atoms with Crippen LogP contribution >= 0.6 is 0 Å². The van der Waals surface area contributed by atoms with Gasteiger partial charge in [-0.1, -0.05) is 109 Å².